The third-order valence-electron chi connectivity index (χ3n) is 3.25. The molecule has 0 saturated carbocycles. The van der Waals surface area contributed by atoms with E-state index in [-0.39, 0.29) is 1.43 Å². The van der Waals surface area contributed by atoms with Gasteiger partial charge in [-0.1, -0.05) is 0 Å². The number of benzene rings is 1. The number of hydrogen-bond donors (Lipinski definition) is 0. The molecule has 1 aromatic carbocycles. The van der Waals surface area contributed by atoms with Crippen LogP contribution in [0.5, 0.6) is 0 Å². The van der Waals surface area contributed by atoms with Crippen LogP contribution in [-0.2, 0) is 21.4 Å². The molecule has 0 saturated heterocycles. The number of rotatable bonds is 3. The first-order chi connectivity index (χ1) is 8.45. The van der Waals surface area contributed by atoms with Gasteiger partial charge in [-0.25, -0.2) is 0 Å². The predicted octanol–water partition coefficient (Wildman–Crippen LogP) is 3.73. The Bertz CT molecular complexity index is 493. The van der Waals surface area contributed by atoms with Gasteiger partial charge in [-0.3, -0.25) is 0 Å². The van der Waals surface area contributed by atoms with E-state index in [1.54, 1.807) is 9.98 Å². The van der Waals surface area contributed by atoms with E-state index in [2.05, 4.69) is 66.8 Å². The fraction of sp³-hybridized carbons (Fsp3) is 0.125. The maximum Gasteiger partial charge on any atom is -1.00 e. The largest absolute Gasteiger partial charge is 1.00 e. The van der Waals surface area contributed by atoms with Crippen LogP contribution in [0.2, 0.25) is 0 Å². The quantitative estimate of drug-likeness (QED) is 0.694. The molecule has 1 heteroatoms. The molecule has 0 unspecified atom stereocenters. The molecule has 0 bridgehead atoms. The normalized spacial score (nSPS) is 17.2. The van der Waals surface area contributed by atoms with Crippen LogP contribution in [0.4, 0.5) is 0 Å². The second-order valence-corrected chi connectivity index (χ2v) is 13.8. The van der Waals surface area contributed by atoms with Gasteiger partial charge in [0.1, 0.15) is 0 Å². The number of hydrogen-bond acceptors (Lipinski definition) is 0. The average molecular weight is 387 g/mol. The molecule has 2 aliphatic rings. The van der Waals surface area contributed by atoms with Crippen LogP contribution in [0, 0.1) is 0 Å². The van der Waals surface area contributed by atoms with Crippen molar-refractivity contribution in [2.75, 3.05) is 0 Å². The van der Waals surface area contributed by atoms with Crippen LogP contribution >= 0.6 is 0 Å². The Morgan fingerprint density at radius 3 is 1.88 bits per heavy atom. The van der Waals surface area contributed by atoms with Crippen molar-refractivity contribution >= 4 is 3.32 Å². The molecule has 0 N–H and O–H groups in total. The van der Waals surface area contributed by atoms with E-state index in [0.29, 0.717) is 0 Å². The minimum absolute atomic E-state index is 0. The van der Waals surface area contributed by atoms with Gasteiger partial charge < -0.3 is 1.43 Å². The summed E-state index contributed by atoms with van der Waals surface area (Å²) in [4.78, 5) is 0. The fourth-order valence-electron chi connectivity index (χ4n) is 2.45. The third-order valence-corrected chi connectivity index (χ3v) is 13.8. The van der Waals surface area contributed by atoms with Crippen molar-refractivity contribution in [3.05, 3.63) is 73.4 Å². The average Bonchev–Trinajstić information content (AvgIpc) is 3.04. The molecule has 0 radical (unpaired) electrons. The van der Waals surface area contributed by atoms with E-state index in [1.807, 2.05) is 0 Å². The molecule has 2 aliphatic carbocycles. The van der Waals surface area contributed by atoms with Crippen molar-refractivity contribution in [2.24, 2.45) is 0 Å². The van der Waals surface area contributed by atoms with Gasteiger partial charge >= 0.3 is 111 Å². The van der Waals surface area contributed by atoms with Crippen molar-refractivity contribution < 1.29 is 22.9 Å². The molecule has 0 nitrogen and oxygen atoms in total. The first-order valence-corrected chi connectivity index (χ1v) is 11.5. The standard InChI is InChI=1S/C6H5.2C5H5.Hf.H/c1-2-4-6-5-3-1;2*1-2-4-5-3-1;;/h1-5H;2*1-3H,4H2;;/q;;;+1;-1. The van der Waals surface area contributed by atoms with Gasteiger partial charge in [0.15, 0.2) is 0 Å². The van der Waals surface area contributed by atoms with E-state index in [4.69, 9.17) is 0 Å². The summed E-state index contributed by atoms with van der Waals surface area (Å²) < 4.78 is 5.09. The molecule has 0 fully saturated rings. The van der Waals surface area contributed by atoms with Crippen LogP contribution in [0.15, 0.2) is 73.4 Å². The smallest absolute Gasteiger partial charge is 1.00 e. The molecule has 0 heterocycles. The van der Waals surface area contributed by atoms with Gasteiger partial charge in [-0.15, -0.1) is 0 Å². The van der Waals surface area contributed by atoms with Crippen molar-refractivity contribution in [2.45, 2.75) is 12.8 Å². The Morgan fingerprint density at radius 2 is 1.41 bits per heavy atom. The van der Waals surface area contributed by atoms with Crippen LogP contribution in [-0.4, -0.2) is 0 Å². The van der Waals surface area contributed by atoms with Gasteiger partial charge in [0.2, 0.25) is 0 Å². The van der Waals surface area contributed by atoms with Gasteiger partial charge in [0.25, 0.3) is 0 Å². The molecule has 3 rings (SSSR count). The summed E-state index contributed by atoms with van der Waals surface area (Å²) in [5.74, 6) is 0. The number of allylic oxidation sites excluding steroid dienone is 8. The summed E-state index contributed by atoms with van der Waals surface area (Å²) in [6.45, 7) is 0. The monoisotopic (exact) mass is 388 g/mol. The zero-order valence-electron chi connectivity index (χ0n) is 10.8. The second kappa shape index (κ2) is 5.14. The zero-order chi connectivity index (χ0) is 11.5. The van der Waals surface area contributed by atoms with Crippen LogP contribution in [0.1, 0.15) is 14.3 Å². The summed E-state index contributed by atoms with van der Waals surface area (Å²) in [6, 6.07) is 11.2. The summed E-state index contributed by atoms with van der Waals surface area (Å²) in [5, 5.41) is 0. The molecular formula is C16H16Hf. The van der Waals surface area contributed by atoms with Gasteiger partial charge in [-0.2, -0.15) is 0 Å². The summed E-state index contributed by atoms with van der Waals surface area (Å²) >= 11 is -1.94. The first kappa shape index (κ1) is 11.2. The van der Waals surface area contributed by atoms with E-state index < -0.39 is 21.4 Å². The van der Waals surface area contributed by atoms with Crippen LogP contribution < -0.4 is 3.32 Å². The summed E-state index contributed by atoms with van der Waals surface area (Å²) in [6.07, 6.45) is 16.2. The Morgan fingerprint density at radius 1 is 0.824 bits per heavy atom. The van der Waals surface area contributed by atoms with Crippen LogP contribution in [0.25, 0.3) is 0 Å². The topological polar surface area (TPSA) is 0 Å². The Kier molecular flexibility index (Phi) is 3.37. The van der Waals surface area contributed by atoms with Crippen molar-refractivity contribution in [1.82, 2.24) is 0 Å². The molecule has 0 spiro atoms. The maximum atomic E-state index is 2.37. The minimum Gasteiger partial charge on any atom is -1.00 e. The molecular weight excluding hydrogens is 371 g/mol. The SMILES string of the molecule is C1=CC[C]([Hf+]([C]2=CC=CC2)[c]2ccccc2)=C1.[H-]. The zero-order valence-corrected chi connectivity index (χ0v) is 13.4. The van der Waals surface area contributed by atoms with Gasteiger partial charge in [0.05, 0.1) is 0 Å². The van der Waals surface area contributed by atoms with Crippen molar-refractivity contribution in [3.8, 4) is 0 Å². The molecule has 0 aromatic heterocycles. The Balaban J connectivity index is 0.00000120. The van der Waals surface area contributed by atoms with E-state index >= 15 is 0 Å². The fourth-order valence-corrected chi connectivity index (χ4v) is 12.7. The molecule has 0 amide bonds. The molecule has 0 atom stereocenters. The van der Waals surface area contributed by atoms with Crippen molar-refractivity contribution in [1.29, 1.82) is 0 Å². The second-order valence-electron chi connectivity index (χ2n) is 4.39. The van der Waals surface area contributed by atoms with Gasteiger partial charge in [-0.05, 0) is 0 Å². The van der Waals surface area contributed by atoms with Crippen LogP contribution in [0.3, 0.4) is 0 Å². The Hall–Kier alpha value is -0.950. The summed E-state index contributed by atoms with van der Waals surface area (Å²) in [7, 11) is 0. The maximum absolute atomic E-state index is 2.37. The van der Waals surface area contributed by atoms with Crippen molar-refractivity contribution in [3.63, 3.8) is 0 Å². The molecule has 0 aliphatic heterocycles. The molecule has 1 aromatic rings. The predicted molar refractivity (Wildman–Crippen MR) is 70.9 cm³/mol. The third kappa shape index (κ3) is 2.35. The van der Waals surface area contributed by atoms with E-state index in [9.17, 15) is 0 Å². The van der Waals surface area contributed by atoms with E-state index in [0.717, 1.165) is 0 Å². The Labute approximate surface area is 112 Å². The van der Waals surface area contributed by atoms with Gasteiger partial charge in [0, 0.05) is 0 Å². The minimum atomic E-state index is -1.94. The first-order valence-electron chi connectivity index (χ1n) is 6.09. The molecule has 17 heavy (non-hydrogen) atoms. The molecule has 84 valence electrons. The van der Waals surface area contributed by atoms with E-state index in [1.165, 1.54) is 12.8 Å². The summed E-state index contributed by atoms with van der Waals surface area (Å²) in [5.41, 5.74) is 0.